The van der Waals surface area contributed by atoms with Crippen LogP contribution in [0, 0.1) is 0 Å². The van der Waals surface area contributed by atoms with Gasteiger partial charge in [0.05, 0.1) is 6.10 Å². The van der Waals surface area contributed by atoms with Gasteiger partial charge < -0.3 is 20.1 Å². The lowest BCUT2D eigenvalue weighted by Gasteiger charge is -2.36. The molecule has 110 valence electrons. The monoisotopic (exact) mass is 270 g/mol. The second kappa shape index (κ2) is 6.20. The summed E-state index contributed by atoms with van der Waals surface area (Å²) in [5.41, 5.74) is -0.707. The molecule has 1 saturated heterocycles. The standard InChI is InChI=1S/C14H26N2O3/c1-3-19-12-5-8-16(9-6-12)11-4-7-14(10-11,15-2)13(17)18/h11-12,15H,3-10H2,1-2H3,(H,17,18). The number of carboxylic acids is 1. The average Bonchev–Trinajstić information content (AvgIpc) is 2.86. The number of rotatable bonds is 5. The predicted molar refractivity (Wildman–Crippen MR) is 73.3 cm³/mol. The van der Waals surface area contributed by atoms with Gasteiger partial charge in [0.2, 0.25) is 0 Å². The minimum atomic E-state index is -0.707. The van der Waals surface area contributed by atoms with Crippen molar-refractivity contribution in [3.63, 3.8) is 0 Å². The fraction of sp³-hybridized carbons (Fsp3) is 0.929. The second-order valence-corrected chi connectivity index (χ2v) is 5.72. The molecule has 2 rings (SSSR count). The summed E-state index contributed by atoms with van der Waals surface area (Å²) in [6.45, 7) is 4.90. The maximum absolute atomic E-state index is 11.4. The van der Waals surface area contributed by atoms with Crippen LogP contribution in [0.3, 0.4) is 0 Å². The summed E-state index contributed by atoms with van der Waals surface area (Å²) < 4.78 is 5.66. The third-order valence-corrected chi connectivity index (χ3v) is 4.77. The molecule has 0 aromatic heterocycles. The normalized spacial score (nSPS) is 33.7. The van der Waals surface area contributed by atoms with Crippen molar-refractivity contribution in [1.29, 1.82) is 0 Å². The highest BCUT2D eigenvalue weighted by molar-refractivity contribution is 5.79. The van der Waals surface area contributed by atoms with E-state index in [1.165, 1.54) is 0 Å². The van der Waals surface area contributed by atoms with E-state index in [-0.39, 0.29) is 0 Å². The van der Waals surface area contributed by atoms with Gasteiger partial charge in [0.25, 0.3) is 0 Å². The van der Waals surface area contributed by atoms with Crippen molar-refractivity contribution in [3.05, 3.63) is 0 Å². The summed E-state index contributed by atoms with van der Waals surface area (Å²) in [4.78, 5) is 13.9. The first kappa shape index (κ1) is 14.8. The van der Waals surface area contributed by atoms with Crippen LogP contribution in [-0.4, -0.2) is 60.4 Å². The second-order valence-electron chi connectivity index (χ2n) is 5.72. The Morgan fingerprint density at radius 1 is 1.42 bits per heavy atom. The highest BCUT2D eigenvalue weighted by Crippen LogP contribution is 2.34. The van der Waals surface area contributed by atoms with E-state index in [4.69, 9.17) is 4.74 Å². The Kier molecular flexibility index (Phi) is 4.81. The van der Waals surface area contributed by atoms with Crippen molar-refractivity contribution in [3.8, 4) is 0 Å². The van der Waals surface area contributed by atoms with Crippen LogP contribution in [-0.2, 0) is 9.53 Å². The van der Waals surface area contributed by atoms with Gasteiger partial charge in [-0.05, 0) is 46.1 Å². The quantitative estimate of drug-likeness (QED) is 0.783. The molecule has 0 aromatic carbocycles. The van der Waals surface area contributed by atoms with E-state index in [1.807, 2.05) is 6.92 Å². The molecular weight excluding hydrogens is 244 g/mol. The van der Waals surface area contributed by atoms with Crippen LogP contribution in [0.4, 0.5) is 0 Å². The molecule has 1 aliphatic carbocycles. The first-order chi connectivity index (χ1) is 9.11. The molecule has 2 atom stereocenters. The lowest BCUT2D eigenvalue weighted by Crippen LogP contribution is -2.50. The Bertz CT molecular complexity index is 316. The average molecular weight is 270 g/mol. The van der Waals surface area contributed by atoms with Crippen molar-refractivity contribution in [2.24, 2.45) is 0 Å². The van der Waals surface area contributed by atoms with E-state index in [1.54, 1.807) is 7.05 Å². The van der Waals surface area contributed by atoms with Gasteiger partial charge in [0, 0.05) is 25.7 Å². The lowest BCUT2D eigenvalue weighted by atomic mass is 9.97. The van der Waals surface area contributed by atoms with E-state index in [0.29, 0.717) is 12.1 Å². The number of aliphatic carboxylic acids is 1. The molecule has 2 N–H and O–H groups in total. The van der Waals surface area contributed by atoms with Crippen molar-refractivity contribution in [2.45, 2.75) is 56.7 Å². The minimum absolute atomic E-state index is 0.399. The Labute approximate surface area is 115 Å². The van der Waals surface area contributed by atoms with Gasteiger partial charge in [-0.25, -0.2) is 0 Å². The zero-order valence-electron chi connectivity index (χ0n) is 12.0. The van der Waals surface area contributed by atoms with Crippen molar-refractivity contribution >= 4 is 5.97 Å². The first-order valence-electron chi connectivity index (χ1n) is 7.39. The van der Waals surface area contributed by atoms with Gasteiger partial charge in [-0.2, -0.15) is 0 Å². The van der Waals surface area contributed by atoms with E-state index >= 15 is 0 Å². The number of nitrogens with one attached hydrogen (secondary N) is 1. The summed E-state index contributed by atoms with van der Waals surface area (Å²) in [5, 5.41) is 12.4. The van der Waals surface area contributed by atoms with Crippen molar-refractivity contribution in [1.82, 2.24) is 10.2 Å². The smallest absolute Gasteiger partial charge is 0.323 e. The maximum Gasteiger partial charge on any atom is 0.323 e. The lowest BCUT2D eigenvalue weighted by molar-refractivity contribution is -0.144. The fourth-order valence-corrected chi connectivity index (χ4v) is 3.50. The highest BCUT2D eigenvalue weighted by Gasteiger charge is 2.46. The van der Waals surface area contributed by atoms with Gasteiger partial charge in [0.1, 0.15) is 5.54 Å². The summed E-state index contributed by atoms with van der Waals surface area (Å²) in [7, 11) is 1.76. The zero-order chi connectivity index (χ0) is 13.9. The SMILES string of the molecule is CCOC1CCN(C2CCC(NC)(C(=O)O)C2)CC1. The number of carboxylic acid groups (broad SMARTS) is 1. The molecule has 5 heteroatoms. The number of ether oxygens (including phenoxy) is 1. The number of likely N-dealkylation sites (N-methyl/N-ethyl adjacent to an activating group) is 1. The van der Waals surface area contributed by atoms with Crippen LogP contribution in [0.1, 0.15) is 39.0 Å². The number of hydrogen-bond donors (Lipinski definition) is 2. The molecule has 0 bridgehead atoms. The molecule has 1 aliphatic heterocycles. The summed E-state index contributed by atoms with van der Waals surface area (Å²) in [5.74, 6) is -0.707. The molecular formula is C14H26N2O3. The molecule has 0 amide bonds. The van der Waals surface area contributed by atoms with E-state index in [2.05, 4.69) is 10.2 Å². The molecule has 19 heavy (non-hydrogen) atoms. The van der Waals surface area contributed by atoms with Crippen LogP contribution in [0.5, 0.6) is 0 Å². The predicted octanol–water partition coefficient (Wildman–Crippen LogP) is 1.08. The third kappa shape index (κ3) is 3.09. The molecule has 2 aliphatic rings. The van der Waals surface area contributed by atoms with Crippen molar-refractivity contribution in [2.75, 3.05) is 26.7 Å². The van der Waals surface area contributed by atoms with Crippen LogP contribution < -0.4 is 5.32 Å². The molecule has 1 saturated carbocycles. The molecule has 0 aromatic rings. The Hall–Kier alpha value is -0.650. The number of hydrogen-bond acceptors (Lipinski definition) is 4. The molecule has 2 unspecified atom stereocenters. The molecule has 0 spiro atoms. The number of likely N-dealkylation sites (tertiary alicyclic amines) is 1. The van der Waals surface area contributed by atoms with Crippen LogP contribution in [0.2, 0.25) is 0 Å². The molecule has 0 radical (unpaired) electrons. The van der Waals surface area contributed by atoms with Gasteiger partial charge in [0.15, 0.2) is 0 Å². The summed E-state index contributed by atoms with van der Waals surface area (Å²) >= 11 is 0. The van der Waals surface area contributed by atoms with Gasteiger partial charge in [-0.3, -0.25) is 4.79 Å². The van der Waals surface area contributed by atoms with Crippen LogP contribution in [0.25, 0.3) is 0 Å². The summed E-state index contributed by atoms with van der Waals surface area (Å²) in [6.07, 6.45) is 4.98. The highest BCUT2D eigenvalue weighted by atomic mass is 16.5. The summed E-state index contributed by atoms with van der Waals surface area (Å²) in [6, 6.07) is 0.408. The number of piperidine rings is 1. The Morgan fingerprint density at radius 3 is 2.58 bits per heavy atom. The fourth-order valence-electron chi connectivity index (χ4n) is 3.50. The zero-order valence-corrected chi connectivity index (χ0v) is 12.0. The first-order valence-corrected chi connectivity index (χ1v) is 7.39. The van der Waals surface area contributed by atoms with Crippen LogP contribution >= 0.6 is 0 Å². The number of nitrogens with zero attached hydrogens (tertiary/aromatic N) is 1. The van der Waals surface area contributed by atoms with Gasteiger partial charge in [-0.1, -0.05) is 0 Å². The minimum Gasteiger partial charge on any atom is -0.480 e. The van der Waals surface area contributed by atoms with Crippen LogP contribution in [0.15, 0.2) is 0 Å². The molecule has 1 heterocycles. The Balaban J connectivity index is 1.87. The van der Waals surface area contributed by atoms with Gasteiger partial charge in [-0.15, -0.1) is 0 Å². The Morgan fingerprint density at radius 2 is 2.11 bits per heavy atom. The maximum atomic E-state index is 11.4. The van der Waals surface area contributed by atoms with Gasteiger partial charge >= 0.3 is 5.97 Å². The number of carbonyl (C=O) groups is 1. The molecule has 2 fully saturated rings. The van der Waals surface area contributed by atoms with E-state index < -0.39 is 11.5 Å². The van der Waals surface area contributed by atoms with E-state index in [0.717, 1.165) is 51.8 Å². The third-order valence-electron chi connectivity index (χ3n) is 4.77. The van der Waals surface area contributed by atoms with Crippen molar-refractivity contribution < 1.29 is 14.6 Å². The largest absolute Gasteiger partial charge is 0.480 e. The van der Waals surface area contributed by atoms with E-state index in [9.17, 15) is 9.90 Å². The molecule has 5 nitrogen and oxygen atoms in total. The topological polar surface area (TPSA) is 61.8 Å².